The van der Waals surface area contributed by atoms with E-state index >= 15 is 0 Å². The third-order valence-electron chi connectivity index (χ3n) is 3.44. The van der Waals surface area contributed by atoms with Crippen molar-refractivity contribution in [3.8, 4) is 11.3 Å². The van der Waals surface area contributed by atoms with Gasteiger partial charge in [-0.2, -0.15) is 13.2 Å². The second kappa shape index (κ2) is 5.96. The van der Waals surface area contributed by atoms with Crippen molar-refractivity contribution in [3.63, 3.8) is 0 Å². The highest BCUT2D eigenvalue weighted by molar-refractivity contribution is 5.94. The molecule has 3 rings (SSSR count). The minimum atomic E-state index is -4.39. The van der Waals surface area contributed by atoms with Gasteiger partial charge in [-0.3, -0.25) is 4.79 Å². The Bertz CT molecular complexity index is 902. The van der Waals surface area contributed by atoms with Crippen LogP contribution in [0.5, 0.6) is 0 Å². The van der Waals surface area contributed by atoms with E-state index in [2.05, 4.69) is 4.98 Å². The number of rotatable bonds is 1. The summed E-state index contributed by atoms with van der Waals surface area (Å²) in [6, 6.07) is 11.2. The number of aromatic nitrogens is 1. The van der Waals surface area contributed by atoms with Crippen molar-refractivity contribution in [2.24, 2.45) is 0 Å². The number of hydrogen-bond donors (Lipinski definition) is 2. The lowest BCUT2D eigenvalue weighted by Crippen LogP contribution is -2.08. The molecule has 0 radical (unpaired) electrons. The Morgan fingerprint density at radius 3 is 2.22 bits per heavy atom. The van der Waals surface area contributed by atoms with Gasteiger partial charge in [0.25, 0.3) is 5.56 Å². The quantitative estimate of drug-likeness (QED) is 0.652. The molecule has 0 fully saturated rings. The Labute approximate surface area is 135 Å². The summed E-state index contributed by atoms with van der Waals surface area (Å²) in [5, 5.41) is 1.01. The molecule has 0 aliphatic carbocycles. The molecular formula is C16H12ClF3N2O. The maximum Gasteiger partial charge on any atom is 0.416 e. The van der Waals surface area contributed by atoms with Crippen LogP contribution < -0.4 is 11.3 Å². The third-order valence-corrected chi connectivity index (χ3v) is 3.44. The van der Waals surface area contributed by atoms with E-state index in [0.29, 0.717) is 27.7 Å². The number of anilines is 1. The number of H-pyrrole nitrogens is 1. The number of benzene rings is 2. The first-order chi connectivity index (χ1) is 10.4. The van der Waals surface area contributed by atoms with Gasteiger partial charge in [-0.1, -0.05) is 18.2 Å². The Kier molecular flexibility index (Phi) is 4.38. The molecule has 0 saturated heterocycles. The van der Waals surface area contributed by atoms with Crippen LogP contribution in [0.25, 0.3) is 22.0 Å². The molecule has 7 heteroatoms. The monoisotopic (exact) mass is 340 g/mol. The van der Waals surface area contributed by atoms with E-state index in [1.807, 2.05) is 0 Å². The topological polar surface area (TPSA) is 58.9 Å². The fourth-order valence-corrected chi connectivity index (χ4v) is 2.31. The largest absolute Gasteiger partial charge is 0.416 e. The van der Waals surface area contributed by atoms with Crippen LogP contribution in [0.3, 0.4) is 0 Å². The molecule has 0 spiro atoms. The molecule has 0 amide bonds. The lowest BCUT2D eigenvalue weighted by molar-refractivity contribution is -0.137. The molecule has 2 aromatic carbocycles. The number of pyridine rings is 1. The Morgan fingerprint density at radius 2 is 1.61 bits per heavy atom. The predicted molar refractivity (Wildman–Crippen MR) is 86.7 cm³/mol. The van der Waals surface area contributed by atoms with Crippen molar-refractivity contribution in [2.75, 3.05) is 5.73 Å². The van der Waals surface area contributed by atoms with Crippen molar-refractivity contribution in [1.82, 2.24) is 4.98 Å². The first kappa shape index (κ1) is 16.9. The summed E-state index contributed by atoms with van der Waals surface area (Å²) in [5.41, 5.74) is 6.12. The van der Waals surface area contributed by atoms with E-state index in [1.54, 1.807) is 24.3 Å². The zero-order valence-corrected chi connectivity index (χ0v) is 12.5. The SMILES string of the molecule is Cl.Nc1cccc2c(=O)[nH]c(-c3ccc(C(F)(F)F)cc3)cc12. The Balaban J connectivity index is 0.00000192. The molecular weight excluding hydrogens is 329 g/mol. The maximum absolute atomic E-state index is 12.6. The average Bonchev–Trinajstić information content (AvgIpc) is 2.47. The minimum absolute atomic E-state index is 0. The van der Waals surface area contributed by atoms with Crippen LogP contribution in [-0.4, -0.2) is 4.98 Å². The maximum atomic E-state index is 12.6. The van der Waals surface area contributed by atoms with Gasteiger partial charge in [-0.15, -0.1) is 12.4 Å². The van der Waals surface area contributed by atoms with Crippen LogP contribution in [0.1, 0.15) is 5.56 Å². The molecule has 0 atom stereocenters. The normalized spacial score (nSPS) is 11.3. The first-order valence-corrected chi connectivity index (χ1v) is 6.45. The fourth-order valence-electron chi connectivity index (χ4n) is 2.31. The summed E-state index contributed by atoms with van der Waals surface area (Å²) >= 11 is 0. The van der Waals surface area contributed by atoms with Gasteiger partial charge in [0.05, 0.1) is 5.56 Å². The van der Waals surface area contributed by atoms with Crippen molar-refractivity contribution in [2.45, 2.75) is 6.18 Å². The molecule has 0 saturated carbocycles. The summed E-state index contributed by atoms with van der Waals surface area (Å²) in [6.07, 6.45) is -4.39. The second-order valence-corrected chi connectivity index (χ2v) is 4.90. The van der Waals surface area contributed by atoms with Gasteiger partial charge in [0.15, 0.2) is 0 Å². The lowest BCUT2D eigenvalue weighted by Gasteiger charge is -2.09. The van der Waals surface area contributed by atoms with Crippen LogP contribution >= 0.6 is 12.4 Å². The summed E-state index contributed by atoms with van der Waals surface area (Å²) in [7, 11) is 0. The van der Waals surface area contributed by atoms with E-state index in [9.17, 15) is 18.0 Å². The van der Waals surface area contributed by atoms with E-state index in [0.717, 1.165) is 12.1 Å². The Morgan fingerprint density at radius 1 is 0.957 bits per heavy atom. The van der Waals surface area contributed by atoms with Gasteiger partial charge < -0.3 is 10.7 Å². The number of halogens is 4. The summed E-state index contributed by atoms with van der Waals surface area (Å²) in [4.78, 5) is 14.7. The highest BCUT2D eigenvalue weighted by Gasteiger charge is 2.30. The highest BCUT2D eigenvalue weighted by atomic mass is 35.5. The number of nitrogens with one attached hydrogen (secondary N) is 1. The van der Waals surface area contributed by atoms with Crippen LogP contribution in [0.4, 0.5) is 18.9 Å². The number of nitrogens with two attached hydrogens (primary N) is 1. The standard InChI is InChI=1S/C16H11F3N2O.ClH/c17-16(18,19)10-6-4-9(5-7-10)14-8-12-11(15(22)21-14)2-1-3-13(12)20;/h1-8H,20H2,(H,21,22);1H. The summed E-state index contributed by atoms with van der Waals surface area (Å²) in [5.74, 6) is 0. The zero-order valence-electron chi connectivity index (χ0n) is 11.6. The van der Waals surface area contributed by atoms with E-state index in [4.69, 9.17) is 5.73 Å². The number of aromatic amines is 1. The van der Waals surface area contributed by atoms with Crippen molar-refractivity contribution in [1.29, 1.82) is 0 Å². The van der Waals surface area contributed by atoms with Gasteiger partial charge in [0.1, 0.15) is 0 Å². The fraction of sp³-hybridized carbons (Fsp3) is 0.0625. The molecule has 23 heavy (non-hydrogen) atoms. The lowest BCUT2D eigenvalue weighted by atomic mass is 10.0. The number of alkyl halides is 3. The molecule has 1 aromatic heterocycles. The summed E-state index contributed by atoms with van der Waals surface area (Å²) < 4.78 is 37.7. The van der Waals surface area contributed by atoms with Gasteiger partial charge in [0, 0.05) is 22.2 Å². The minimum Gasteiger partial charge on any atom is -0.398 e. The molecule has 0 unspecified atom stereocenters. The van der Waals surface area contributed by atoms with E-state index in [1.165, 1.54) is 12.1 Å². The average molecular weight is 341 g/mol. The van der Waals surface area contributed by atoms with E-state index in [-0.39, 0.29) is 18.0 Å². The van der Waals surface area contributed by atoms with Gasteiger partial charge in [-0.05, 0) is 35.9 Å². The molecule has 1 heterocycles. The number of nitrogen functional groups attached to an aromatic ring is 1. The second-order valence-electron chi connectivity index (χ2n) is 4.90. The third kappa shape index (κ3) is 3.17. The van der Waals surface area contributed by atoms with Crippen molar-refractivity contribution in [3.05, 3.63) is 64.4 Å². The zero-order chi connectivity index (χ0) is 15.9. The number of fused-ring (bicyclic) bond motifs is 1. The summed E-state index contributed by atoms with van der Waals surface area (Å²) in [6.45, 7) is 0. The highest BCUT2D eigenvalue weighted by Crippen LogP contribution is 2.31. The first-order valence-electron chi connectivity index (χ1n) is 6.45. The van der Waals surface area contributed by atoms with Gasteiger partial charge >= 0.3 is 6.18 Å². The van der Waals surface area contributed by atoms with Crippen LogP contribution in [-0.2, 0) is 6.18 Å². The molecule has 0 bridgehead atoms. The molecule has 120 valence electrons. The van der Waals surface area contributed by atoms with Gasteiger partial charge in [0.2, 0.25) is 0 Å². The Hall–Kier alpha value is -2.47. The smallest absolute Gasteiger partial charge is 0.398 e. The predicted octanol–water partition coefficient (Wildman–Crippen LogP) is 4.22. The molecule has 3 aromatic rings. The van der Waals surface area contributed by atoms with Crippen LogP contribution in [0.2, 0.25) is 0 Å². The molecule has 0 aliphatic rings. The van der Waals surface area contributed by atoms with Crippen LogP contribution in [0.15, 0.2) is 53.3 Å². The van der Waals surface area contributed by atoms with Crippen LogP contribution in [0, 0.1) is 0 Å². The molecule has 0 aliphatic heterocycles. The van der Waals surface area contributed by atoms with Crippen molar-refractivity contribution < 1.29 is 13.2 Å². The van der Waals surface area contributed by atoms with Gasteiger partial charge in [-0.25, -0.2) is 0 Å². The van der Waals surface area contributed by atoms with E-state index < -0.39 is 11.7 Å². The molecule has 3 N–H and O–H groups in total. The van der Waals surface area contributed by atoms with Crippen molar-refractivity contribution >= 4 is 28.9 Å². The molecule has 3 nitrogen and oxygen atoms in total. The number of hydrogen-bond acceptors (Lipinski definition) is 2.